The SMILES string of the molecule is Cc1nc(-c2cccc(NC(=O)Nc3cnn(C4CCOCC4)c3C)c2)no1. The summed E-state index contributed by atoms with van der Waals surface area (Å²) in [6.07, 6.45) is 3.54. The van der Waals surface area contributed by atoms with Gasteiger partial charge in [-0.25, -0.2) is 4.79 Å². The molecule has 1 aromatic carbocycles. The maximum Gasteiger partial charge on any atom is 0.323 e. The highest BCUT2D eigenvalue weighted by Gasteiger charge is 2.20. The predicted molar refractivity (Wildman–Crippen MR) is 103 cm³/mol. The Morgan fingerprint density at radius 2 is 2.04 bits per heavy atom. The van der Waals surface area contributed by atoms with Gasteiger partial charge in [-0.2, -0.15) is 10.1 Å². The largest absolute Gasteiger partial charge is 0.381 e. The van der Waals surface area contributed by atoms with E-state index in [0.717, 1.165) is 37.3 Å². The highest BCUT2D eigenvalue weighted by molar-refractivity contribution is 6.00. The van der Waals surface area contributed by atoms with E-state index in [1.807, 2.05) is 23.7 Å². The molecule has 2 amide bonds. The molecule has 28 heavy (non-hydrogen) atoms. The highest BCUT2D eigenvalue weighted by Crippen LogP contribution is 2.25. The zero-order chi connectivity index (χ0) is 19.5. The summed E-state index contributed by atoms with van der Waals surface area (Å²) in [5, 5.41) is 14.0. The minimum Gasteiger partial charge on any atom is -0.381 e. The van der Waals surface area contributed by atoms with Crippen LogP contribution >= 0.6 is 0 Å². The van der Waals surface area contributed by atoms with Crippen LogP contribution in [0.1, 0.15) is 30.5 Å². The van der Waals surface area contributed by atoms with Crippen LogP contribution in [0.4, 0.5) is 16.2 Å². The number of hydrogen-bond acceptors (Lipinski definition) is 6. The second-order valence-electron chi connectivity index (χ2n) is 6.73. The van der Waals surface area contributed by atoms with E-state index in [-0.39, 0.29) is 6.03 Å². The fourth-order valence-electron chi connectivity index (χ4n) is 3.28. The molecule has 9 heteroatoms. The molecule has 0 saturated carbocycles. The fraction of sp³-hybridized carbons (Fsp3) is 0.368. The molecule has 3 aromatic rings. The Bertz CT molecular complexity index is 974. The van der Waals surface area contributed by atoms with Crippen LogP contribution in [-0.4, -0.2) is 39.2 Å². The summed E-state index contributed by atoms with van der Waals surface area (Å²) in [5.41, 5.74) is 3.01. The van der Waals surface area contributed by atoms with Gasteiger partial charge in [-0.05, 0) is 31.9 Å². The number of amides is 2. The molecule has 0 unspecified atom stereocenters. The molecule has 3 heterocycles. The Labute approximate surface area is 162 Å². The Hall–Kier alpha value is -3.20. The van der Waals surface area contributed by atoms with Crippen molar-refractivity contribution >= 4 is 17.4 Å². The molecule has 9 nitrogen and oxygen atoms in total. The minimum absolute atomic E-state index is 0.308. The van der Waals surface area contributed by atoms with Gasteiger partial charge in [0.15, 0.2) is 0 Å². The van der Waals surface area contributed by atoms with Gasteiger partial charge < -0.3 is 19.9 Å². The van der Waals surface area contributed by atoms with E-state index in [1.165, 1.54) is 0 Å². The Morgan fingerprint density at radius 3 is 2.79 bits per heavy atom. The van der Waals surface area contributed by atoms with E-state index in [1.54, 1.807) is 25.3 Å². The summed E-state index contributed by atoms with van der Waals surface area (Å²) in [6.45, 7) is 5.17. The second-order valence-corrected chi connectivity index (χ2v) is 6.73. The summed E-state index contributed by atoms with van der Waals surface area (Å²) in [7, 11) is 0. The molecule has 0 bridgehead atoms. The maximum absolute atomic E-state index is 12.4. The molecule has 1 saturated heterocycles. The quantitative estimate of drug-likeness (QED) is 0.715. The van der Waals surface area contributed by atoms with Crippen LogP contribution in [0, 0.1) is 13.8 Å². The number of benzene rings is 1. The van der Waals surface area contributed by atoms with Crippen LogP contribution in [0.5, 0.6) is 0 Å². The van der Waals surface area contributed by atoms with Crippen LogP contribution in [0.3, 0.4) is 0 Å². The second kappa shape index (κ2) is 7.81. The lowest BCUT2D eigenvalue weighted by atomic mass is 10.1. The lowest BCUT2D eigenvalue weighted by Crippen LogP contribution is -2.22. The average Bonchev–Trinajstić information content (AvgIpc) is 3.29. The smallest absolute Gasteiger partial charge is 0.323 e. The third kappa shape index (κ3) is 3.89. The third-order valence-electron chi connectivity index (χ3n) is 4.74. The molecular formula is C19H22N6O3. The molecule has 0 atom stereocenters. The van der Waals surface area contributed by atoms with Crippen molar-refractivity contribution in [2.24, 2.45) is 0 Å². The van der Waals surface area contributed by atoms with Crippen LogP contribution in [0.25, 0.3) is 11.4 Å². The Morgan fingerprint density at radius 1 is 1.21 bits per heavy atom. The number of carbonyl (C=O) groups is 1. The first-order valence-corrected chi connectivity index (χ1v) is 9.21. The van der Waals surface area contributed by atoms with Gasteiger partial charge in [0.1, 0.15) is 0 Å². The molecule has 1 fully saturated rings. The van der Waals surface area contributed by atoms with E-state index in [4.69, 9.17) is 9.26 Å². The standard InChI is InChI=1S/C19H22N6O3/c1-12-17(11-20-25(12)16-6-8-27-9-7-16)23-19(26)22-15-5-3-4-14(10-15)18-21-13(2)28-24-18/h3-5,10-11,16H,6-9H2,1-2H3,(H2,22,23,26). The van der Waals surface area contributed by atoms with Crippen molar-refractivity contribution in [3.63, 3.8) is 0 Å². The van der Waals surface area contributed by atoms with Crippen molar-refractivity contribution in [2.45, 2.75) is 32.7 Å². The van der Waals surface area contributed by atoms with Crippen molar-refractivity contribution in [2.75, 3.05) is 23.8 Å². The molecule has 146 valence electrons. The first-order valence-electron chi connectivity index (χ1n) is 9.21. The van der Waals surface area contributed by atoms with E-state index >= 15 is 0 Å². The number of rotatable bonds is 4. The van der Waals surface area contributed by atoms with E-state index in [2.05, 4.69) is 25.9 Å². The monoisotopic (exact) mass is 382 g/mol. The van der Waals surface area contributed by atoms with E-state index < -0.39 is 0 Å². The van der Waals surface area contributed by atoms with Gasteiger partial charge in [-0.1, -0.05) is 17.3 Å². The minimum atomic E-state index is -0.337. The molecule has 1 aliphatic heterocycles. The van der Waals surface area contributed by atoms with Crippen molar-refractivity contribution in [1.82, 2.24) is 19.9 Å². The first-order chi connectivity index (χ1) is 13.6. The zero-order valence-corrected chi connectivity index (χ0v) is 15.8. The molecular weight excluding hydrogens is 360 g/mol. The number of carbonyl (C=O) groups excluding carboxylic acids is 1. The van der Waals surface area contributed by atoms with Gasteiger partial charge in [0, 0.05) is 31.4 Å². The summed E-state index contributed by atoms with van der Waals surface area (Å²) in [6, 6.07) is 7.25. The predicted octanol–water partition coefficient (Wildman–Crippen LogP) is 3.55. The van der Waals surface area contributed by atoms with Crippen molar-refractivity contribution in [1.29, 1.82) is 0 Å². The number of ether oxygens (including phenoxy) is 1. The highest BCUT2D eigenvalue weighted by atomic mass is 16.5. The molecule has 0 spiro atoms. The number of nitrogens with zero attached hydrogens (tertiary/aromatic N) is 4. The lowest BCUT2D eigenvalue weighted by molar-refractivity contribution is 0.0657. The molecule has 0 aliphatic carbocycles. The zero-order valence-electron chi connectivity index (χ0n) is 15.8. The summed E-state index contributed by atoms with van der Waals surface area (Å²) >= 11 is 0. The normalized spacial score (nSPS) is 14.8. The van der Waals surface area contributed by atoms with Gasteiger partial charge in [0.05, 0.1) is 23.6 Å². The van der Waals surface area contributed by atoms with Gasteiger partial charge in [-0.3, -0.25) is 4.68 Å². The number of anilines is 2. The molecule has 4 rings (SSSR count). The molecule has 2 aromatic heterocycles. The number of aryl methyl sites for hydroxylation is 1. The third-order valence-corrected chi connectivity index (χ3v) is 4.74. The van der Waals surface area contributed by atoms with E-state index in [0.29, 0.717) is 29.1 Å². The molecule has 2 N–H and O–H groups in total. The average molecular weight is 382 g/mol. The summed E-state index contributed by atoms with van der Waals surface area (Å²) in [4.78, 5) is 16.6. The van der Waals surface area contributed by atoms with Gasteiger partial charge in [-0.15, -0.1) is 0 Å². The number of aromatic nitrogens is 4. The van der Waals surface area contributed by atoms with Gasteiger partial charge >= 0.3 is 6.03 Å². The topological polar surface area (TPSA) is 107 Å². The first kappa shape index (κ1) is 18.2. The molecule has 0 radical (unpaired) electrons. The summed E-state index contributed by atoms with van der Waals surface area (Å²) < 4.78 is 12.4. The number of hydrogen-bond donors (Lipinski definition) is 2. The summed E-state index contributed by atoms with van der Waals surface area (Å²) in [5.74, 6) is 0.971. The van der Waals surface area contributed by atoms with Crippen molar-refractivity contribution in [3.8, 4) is 11.4 Å². The van der Waals surface area contributed by atoms with Gasteiger partial charge in [0.2, 0.25) is 11.7 Å². The van der Waals surface area contributed by atoms with Crippen molar-refractivity contribution in [3.05, 3.63) is 42.0 Å². The molecule has 1 aliphatic rings. The number of urea groups is 1. The van der Waals surface area contributed by atoms with E-state index in [9.17, 15) is 4.79 Å². The van der Waals surface area contributed by atoms with Crippen LogP contribution in [0.2, 0.25) is 0 Å². The Kier molecular flexibility index (Phi) is 5.07. The van der Waals surface area contributed by atoms with Crippen LogP contribution in [-0.2, 0) is 4.74 Å². The van der Waals surface area contributed by atoms with Crippen LogP contribution < -0.4 is 10.6 Å². The maximum atomic E-state index is 12.4. The number of nitrogens with one attached hydrogen (secondary N) is 2. The lowest BCUT2D eigenvalue weighted by Gasteiger charge is -2.23. The Balaban J connectivity index is 1.43. The van der Waals surface area contributed by atoms with Crippen LogP contribution in [0.15, 0.2) is 35.0 Å². The van der Waals surface area contributed by atoms with Crippen molar-refractivity contribution < 1.29 is 14.1 Å². The fourth-order valence-corrected chi connectivity index (χ4v) is 3.28. The van der Waals surface area contributed by atoms with Gasteiger partial charge in [0.25, 0.3) is 0 Å².